The van der Waals surface area contributed by atoms with Crippen LogP contribution < -0.4 is 16.0 Å². The normalized spacial score (nSPS) is 11.2. The molecular weight excluding hydrogens is 454 g/mol. The molecule has 0 aliphatic heterocycles. The predicted molar refractivity (Wildman–Crippen MR) is 144 cm³/mol. The Hall–Kier alpha value is -4.29. The standard InChI is InChI=1S/C29H25N3O2S/c1-20(21-8-4-2-5-9-21)30-27(33)25-16-18-26(19-17-25)31-29(35)32-28(34)24-14-12-23(13-15-24)22-10-6-3-7-11-22/h2-20H,1H3,(H,30,33)(H2,31,32,34,35). The van der Waals surface area contributed by atoms with Crippen molar-refractivity contribution in [3.8, 4) is 11.1 Å². The molecule has 0 radical (unpaired) electrons. The Kier molecular flexibility index (Phi) is 7.65. The number of rotatable bonds is 6. The fourth-order valence-electron chi connectivity index (χ4n) is 3.59. The van der Waals surface area contributed by atoms with Crippen LogP contribution in [0.15, 0.2) is 109 Å². The van der Waals surface area contributed by atoms with Gasteiger partial charge in [0.05, 0.1) is 6.04 Å². The number of carbonyl (C=O) groups is 2. The third-order valence-electron chi connectivity index (χ3n) is 5.53. The van der Waals surface area contributed by atoms with E-state index < -0.39 is 0 Å². The van der Waals surface area contributed by atoms with Crippen LogP contribution in [0.3, 0.4) is 0 Å². The summed E-state index contributed by atoms with van der Waals surface area (Å²) in [5, 5.41) is 8.84. The summed E-state index contributed by atoms with van der Waals surface area (Å²) >= 11 is 5.29. The third-order valence-corrected chi connectivity index (χ3v) is 5.74. The quantitative estimate of drug-likeness (QED) is 0.298. The molecule has 1 atom stereocenters. The van der Waals surface area contributed by atoms with Gasteiger partial charge < -0.3 is 10.6 Å². The second-order valence-corrected chi connectivity index (χ2v) is 8.44. The van der Waals surface area contributed by atoms with Crippen LogP contribution in [0.4, 0.5) is 5.69 Å². The van der Waals surface area contributed by atoms with Crippen molar-refractivity contribution in [2.45, 2.75) is 13.0 Å². The van der Waals surface area contributed by atoms with Crippen molar-refractivity contribution < 1.29 is 9.59 Å². The van der Waals surface area contributed by atoms with Gasteiger partial charge in [-0.2, -0.15) is 0 Å². The average molecular weight is 480 g/mol. The average Bonchev–Trinajstić information content (AvgIpc) is 2.90. The van der Waals surface area contributed by atoms with Crippen LogP contribution in [0.1, 0.15) is 39.2 Å². The van der Waals surface area contributed by atoms with Gasteiger partial charge in [0, 0.05) is 16.8 Å². The lowest BCUT2D eigenvalue weighted by Crippen LogP contribution is -2.34. The van der Waals surface area contributed by atoms with E-state index in [1.54, 1.807) is 36.4 Å². The molecule has 6 heteroatoms. The smallest absolute Gasteiger partial charge is 0.257 e. The Morgan fingerprint density at radius 1 is 0.657 bits per heavy atom. The number of hydrogen-bond donors (Lipinski definition) is 3. The molecule has 0 spiro atoms. The Labute approximate surface area is 210 Å². The first-order valence-electron chi connectivity index (χ1n) is 11.2. The molecule has 5 nitrogen and oxygen atoms in total. The van der Waals surface area contributed by atoms with Crippen LogP contribution in [0, 0.1) is 0 Å². The third kappa shape index (κ3) is 6.40. The molecule has 4 aromatic rings. The first-order chi connectivity index (χ1) is 17.0. The van der Waals surface area contributed by atoms with E-state index in [0.717, 1.165) is 16.7 Å². The van der Waals surface area contributed by atoms with Crippen molar-refractivity contribution >= 4 is 34.8 Å². The van der Waals surface area contributed by atoms with Crippen LogP contribution in [0.25, 0.3) is 11.1 Å². The highest BCUT2D eigenvalue weighted by molar-refractivity contribution is 7.80. The molecule has 0 aromatic heterocycles. The van der Waals surface area contributed by atoms with E-state index in [2.05, 4.69) is 16.0 Å². The van der Waals surface area contributed by atoms with E-state index in [1.807, 2.05) is 79.7 Å². The highest BCUT2D eigenvalue weighted by atomic mass is 32.1. The minimum atomic E-state index is -0.298. The van der Waals surface area contributed by atoms with Gasteiger partial charge in [0.2, 0.25) is 0 Å². The van der Waals surface area contributed by atoms with E-state index in [9.17, 15) is 9.59 Å². The maximum atomic E-state index is 12.6. The summed E-state index contributed by atoms with van der Waals surface area (Å²) in [4.78, 5) is 25.1. The second kappa shape index (κ2) is 11.2. The lowest BCUT2D eigenvalue weighted by molar-refractivity contribution is 0.0938. The van der Waals surface area contributed by atoms with Crippen molar-refractivity contribution in [1.29, 1.82) is 0 Å². The largest absolute Gasteiger partial charge is 0.346 e. The Morgan fingerprint density at radius 2 is 1.17 bits per heavy atom. The van der Waals surface area contributed by atoms with E-state index in [0.29, 0.717) is 16.8 Å². The van der Waals surface area contributed by atoms with Gasteiger partial charge in [-0.1, -0.05) is 72.8 Å². The SMILES string of the molecule is CC(NC(=O)c1ccc(NC(=S)NC(=O)c2ccc(-c3ccccc3)cc2)cc1)c1ccccc1. The predicted octanol–water partition coefficient (Wildman–Crippen LogP) is 5.97. The molecule has 174 valence electrons. The van der Waals surface area contributed by atoms with Crippen molar-refractivity contribution in [3.63, 3.8) is 0 Å². The van der Waals surface area contributed by atoms with Gasteiger partial charge in [-0.15, -0.1) is 0 Å². The Morgan fingerprint density at radius 3 is 1.80 bits per heavy atom. The number of hydrogen-bond acceptors (Lipinski definition) is 3. The van der Waals surface area contributed by atoms with Crippen LogP contribution in [-0.2, 0) is 0 Å². The molecule has 35 heavy (non-hydrogen) atoms. The number of anilines is 1. The summed E-state index contributed by atoms with van der Waals surface area (Å²) in [6.07, 6.45) is 0. The van der Waals surface area contributed by atoms with Gasteiger partial charge >= 0.3 is 0 Å². The van der Waals surface area contributed by atoms with Crippen molar-refractivity contribution in [2.75, 3.05) is 5.32 Å². The van der Waals surface area contributed by atoms with Crippen molar-refractivity contribution in [1.82, 2.24) is 10.6 Å². The molecule has 0 bridgehead atoms. The highest BCUT2D eigenvalue weighted by Gasteiger charge is 2.12. The zero-order valence-electron chi connectivity index (χ0n) is 19.2. The second-order valence-electron chi connectivity index (χ2n) is 8.03. The maximum absolute atomic E-state index is 12.6. The molecule has 4 rings (SSSR count). The van der Waals surface area contributed by atoms with Crippen LogP contribution in [0.5, 0.6) is 0 Å². The highest BCUT2D eigenvalue weighted by Crippen LogP contribution is 2.19. The monoisotopic (exact) mass is 479 g/mol. The van der Waals surface area contributed by atoms with Gasteiger partial charge in [-0.3, -0.25) is 14.9 Å². The molecule has 0 aliphatic rings. The van der Waals surface area contributed by atoms with E-state index in [4.69, 9.17) is 12.2 Å². The zero-order valence-corrected chi connectivity index (χ0v) is 20.0. The lowest BCUT2D eigenvalue weighted by Gasteiger charge is -2.15. The number of amides is 2. The molecule has 0 aliphatic carbocycles. The molecule has 2 amide bonds. The summed E-state index contributed by atoms with van der Waals surface area (Å²) in [6, 6.07) is 33.9. The molecule has 3 N–H and O–H groups in total. The van der Waals surface area contributed by atoms with E-state index >= 15 is 0 Å². The summed E-state index contributed by atoms with van der Waals surface area (Å²) in [5.74, 6) is -0.462. The van der Waals surface area contributed by atoms with Gasteiger partial charge in [0.1, 0.15) is 0 Å². The molecule has 4 aromatic carbocycles. The molecule has 0 saturated heterocycles. The van der Waals surface area contributed by atoms with Gasteiger partial charge in [0.15, 0.2) is 5.11 Å². The molecule has 0 heterocycles. The van der Waals surface area contributed by atoms with Crippen molar-refractivity contribution in [3.05, 3.63) is 126 Å². The van der Waals surface area contributed by atoms with E-state index in [-0.39, 0.29) is 23.0 Å². The van der Waals surface area contributed by atoms with Crippen LogP contribution >= 0.6 is 12.2 Å². The maximum Gasteiger partial charge on any atom is 0.257 e. The molecule has 0 saturated carbocycles. The van der Waals surface area contributed by atoms with Crippen LogP contribution in [-0.4, -0.2) is 16.9 Å². The Balaban J connectivity index is 1.30. The zero-order chi connectivity index (χ0) is 24.6. The topological polar surface area (TPSA) is 70.2 Å². The summed E-state index contributed by atoms with van der Waals surface area (Å²) in [6.45, 7) is 1.94. The number of benzene rings is 4. The van der Waals surface area contributed by atoms with Gasteiger partial charge in [-0.25, -0.2) is 0 Å². The van der Waals surface area contributed by atoms with Crippen molar-refractivity contribution in [2.24, 2.45) is 0 Å². The first-order valence-corrected chi connectivity index (χ1v) is 11.6. The summed E-state index contributed by atoms with van der Waals surface area (Å²) in [5.41, 5.74) is 4.87. The van der Waals surface area contributed by atoms with Gasteiger partial charge in [0.25, 0.3) is 11.8 Å². The lowest BCUT2D eigenvalue weighted by atomic mass is 10.0. The number of nitrogens with one attached hydrogen (secondary N) is 3. The van der Waals surface area contributed by atoms with Gasteiger partial charge in [-0.05, 0) is 72.2 Å². The van der Waals surface area contributed by atoms with Crippen LogP contribution in [0.2, 0.25) is 0 Å². The fourth-order valence-corrected chi connectivity index (χ4v) is 3.80. The number of carbonyl (C=O) groups excluding carboxylic acids is 2. The minimum absolute atomic E-state index is 0.106. The summed E-state index contributed by atoms with van der Waals surface area (Å²) in [7, 11) is 0. The first kappa shape index (κ1) is 23.9. The molecule has 1 unspecified atom stereocenters. The summed E-state index contributed by atoms with van der Waals surface area (Å²) < 4.78 is 0. The van der Waals surface area contributed by atoms with E-state index in [1.165, 1.54) is 0 Å². The Bertz CT molecular complexity index is 1310. The minimum Gasteiger partial charge on any atom is -0.346 e. The number of thiocarbonyl (C=S) groups is 1. The molecular formula is C29H25N3O2S. The fraction of sp³-hybridized carbons (Fsp3) is 0.0690. The molecule has 0 fully saturated rings.